The molecule has 0 saturated heterocycles. The molecule has 0 radical (unpaired) electrons. The van der Waals surface area contributed by atoms with Gasteiger partial charge in [-0.05, 0) is 52.7 Å². The predicted molar refractivity (Wildman–Crippen MR) is 82.0 cm³/mol. The van der Waals surface area contributed by atoms with E-state index >= 15 is 0 Å². The van der Waals surface area contributed by atoms with Crippen molar-refractivity contribution in [2.24, 2.45) is 0 Å². The molecule has 6 heteroatoms. The minimum Gasteiger partial charge on any atom is -0.495 e. The number of benzene rings is 1. The van der Waals surface area contributed by atoms with Crippen molar-refractivity contribution in [3.05, 3.63) is 46.2 Å². The molecule has 1 aromatic heterocycles. The molecule has 0 bridgehead atoms. The number of halogens is 1. The van der Waals surface area contributed by atoms with Crippen molar-refractivity contribution in [1.29, 1.82) is 0 Å². The van der Waals surface area contributed by atoms with Gasteiger partial charge in [0.1, 0.15) is 10.4 Å². The Morgan fingerprint density at radius 3 is 2.75 bits per heavy atom. The molecule has 2 aromatic rings. The van der Waals surface area contributed by atoms with E-state index in [9.17, 15) is 4.79 Å². The second kappa shape index (κ2) is 5.92. The van der Waals surface area contributed by atoms with Gasteiger partial charge < -0.3 is 15.8 Å². The maximum Gasteiger partial charge on any atom is 0.255 e. The van der Waals surface area contributed by atoms with Crippen LogP contribution in [-0.2, 0) is 0 Å². The Kier molecular flexibility index (Phi) is 4.24. The van der Waals surface area contributed by atoms with E-state index < -0.39 is 0 Å². The number of nitrogens with two attached hydrogens (primary N) is 1. The number of methoxy groups -OCH3 is 1. The van der Waals surface area contributed by atoms with Crippen molar-refractivity contribution in [1.82, 2.24) is 4.98 Å². The van der Waals surface area contributed by atoms with Gasteiger partial charge in [-0.25, -0.2) is 4.98 Å². The van der Waals surface area contributed by atoms with Crippen LogP contribution < -0.4 is 15.8 Å². The molecule has 0 aliphatic rings. The van der Waals surface area contributed by atoms with Crippen molar-refractivity contribution in [3.8, 4) is 5.75 Å². The first kappa shape index (κ1) is 14.3. The molecule has 0 aliphatic carbocycles. The molecule has 20 heavy (non-hydrogen) atoms. The van der Waals surface area contributed by atoms with Gasteiger partial charge >= 0.3 is 0 Å². The van der Waals surface area contributed by atoms with Crippen molar-refractivity contribution in [2.45, 2.75) is 6.92 Å². The van der Waals surface area contributed by atoms with Crippen LogP contribution in [0.15, 0.2) is 35.1 Å². The molecule has 104 valence electrons. The van der Waals surface area contributed by atoms with E-state index in [1.54, 1.807) is 24.4 Å². The Morgan fingerprint density at radius 2 is 2.15 bits per heavy atom. The van der Waals surface area contributed by atoms with E-state index in [1.807, 2.05) is 13.0 Å². The van der Waals surface area contributed by atoms with Crippen molar-refractivity contribution in [2.75, 3.05) is 18.2 Å². The number of nitrogens with zero attached hydrogens (tertiary/aromatic N) is 1. The number of pyridine rings is 1. The molecule has 5 nitrogen and oxygen atoms in total. The average molecular weight is 336 g/mol. The van der Waals surface area contributed by atoms with Crippen LogP contribution in [0, 0.1) is 6.92 Å². The van der Waals surface area contributed by atoms with Crippen LogP contribution in [0.5, 0.6) is 5.75 Å². The van der Waals surface area contributed by atoms with Gasteiger partial charge in [0.2, 0.25) is 0 Å². The van der Waals surface area contributed by atoms with E-state index in [1.165, 1.54) is 7.11 Å². The number of aromatic nitrogens is 1. The van der Waals surface area contributed by atoms with Crippen LogP contribution in [0.1, 0.15) is 15.9 Å². The summed E-state index contributed by atoms with van der Waals surface area (Å²) in [5, 5.41) is 2.77. The normalized spacial score (nSPS) is 10.2. The number of carbonyl (C=O) groups is 1. The topological polar surface area (TPSA) is 77.2 Å². The SMILES string of the molecule is COc1ccc(C(=O)Nc2cnc(Br)c(C)c2)cc1N. The van der Waals surface area contributed by atoms with E-state index in [-0.39, 0.29) is 5.91 Å². The third-order valence-electron chi connectivity index (χ3n) is 2.76. The van der Waals surface area contributed by atoms with Crippen LogP contribution in [0.4, 0.5) is 11.4 Å². The number of ether oxygens (including phenoxy) is 1. The van der Waals surface area contributed by atoms with Crippen LogP contribution in [0.2, 0.25) is 0 Å². The van der Waals surface area contributed by atoms with Crippen molar-refractivity contribution < 1.29 is 9.53 Å². The number of anilines is 2. The Hall–Kier alpha value is -2.08. The highest BCUT2D eigenvalue weighted by molar-refractivity contribution is 9.10. The Balaban J connectivity index is 2.19. The number of carbonyl (C=O) groups excluding carboxylic acids is 1. The fourth-order valence-corrected chi connectivity index (χ4v) is 1.92. The molecular formula is C14H14BrN3O2. The number of nitrogen functional groups attached to an aromatic ring is 1. The summed E-state index contributed by atoms with van der Waals surface area (Å²) in [7, 11) is 1.53. The summed E-state index contributed by atoms with van der Waals surface area (Å²) in [5.74, 6) is 0.297. The quantitative estimate of drug-likeness (QED) is 0.667. The van der Waals surface area contributed by atoms with E-state index in [0.29, 0.717) is 22.7 Å². The third-order valence-corrected chi connectivity index (χ3v) is 3.59. The smallest absolute Gasteiger partial charge is 0.255 e. The van der Waals surface area contributed by atoms with E-state index in [4.69, 9.17) is 10.5 Å². The Bertz CT molecular complexity index is 659. The van der Waals surface area contributed by atoms with Crippen LogP contribution >= 0.6 is 15.9 Å². The van der Waals surface area contributed by atoms with E-state index in [0.717, 1.165) is 10.2 Å². The highest BCUT2D eigenvalue weighted by Crippen LogP contribution is 2.23. The largest absolute Gasteiger partial charge is 0.495 e. The number of hydrogen-bond acceptors (Lipinski definition) is 4. The molecule has 2 rings (SSSR count). The number of amides is 1. The van der Waals surface area contributed by atoms with Crippen LogP contribution in [0.25, 0.3) is 0 Å². The minimum atomic E-state index is -0.247. The van der Waals surface area contributed by atoms with Gasteiger partial charge in [-0.15, -0.1) is 0 Å². The second-order valence-corrected chi connectivity index (χ2v) is 4.99. The van der Waals surface area contributed by atoms with Gasteiger partial charge in [0, 0.05) is 5.56 Å². The first-order valence-corrected chi connectivity index (χ1v) is 6.67. The zero-order chi connectivity index (χ0) is 14.7. The van der Waals surface area contributed by atoms with Crippen LogP contribution in [-0.4, -0.2) is 18.0 Å². The molecule has 0 fully saturated rings. The number of aryl methyl sites for hydroxylation is 1. The Labute approximate surface area is 125 Å². The fraction of sp³-hybridized carbons (Fsp3) is 0.143. The minimum absolute atomic E-state index is 0.247. The van der Waals surface area contributed by atoms with Crippen LogP contribution in [0.3, 0.4) is 0 Å². The first-order valence-electron chi connectivity index (χ1n) is 5.88. The molecule has 0 unspecified atom stereocenters. The highest BCUT2D eigenvalue weighted by atomic mass is 79.9. The Morgan fingerprint density at radius 1 is 1.40 bits per heavy atom. The first-order chi connectivity index (χ1) is 9.51. The summed E-state index contributed by atoms with van der Waals surface area (Å²) in [6.07, 6.45) is 1.59. The molecule has 0 aliphatic heterocycles. The van der Waals surface area contributed by atoms with E-state index in [2.05, 4.69) is 26.2 Å². The number of nitrogens with one attached hydrogen (secondary N) is 1. The van der Waals surface area contributed by atoms with Gasteiger partial charge in [0.05, 0.1) is 24.7 Å². The maximum atomic E-state index is 12.1. The van der Waals surface area contributed by atoms with Gasteiger partial charge in [0.25, 0.3) is 5.91 Å². The van der Waals surface area contributed by atoms with Gasteiger partial charge in [-0.1, -0.05) is 0 Å². The number of hydrogen-bond donors (Lipinski definition) is 2. The summed E-state index contributed by atoms with van der Waals surface area (Å²) in [5.41, 5.74) is 8.24. The van der Waals surface area contributed by atoms with Crippen molar-refractivity contribution >= 4 is 33.2 Å². The summed E-state index contributed by atoms with van der Waals surface area (Å²) in [6.45, 7) is 1.90. The third kappa shape index (κ3) is 3.08. The lowest BCUT2D eigenvalue weighted by Crippen LogP contribution is -2.12. The van der Waals surface area contributed by atoms with Gasteiger partial charge in [-0.2, -0.15) is 0 Å². The zero-order valence-corrected chi connectivity index (χ0v) is 12.7. The molecule has 1 aromatic carbocycles. The standard InChI is InChI=1S/C14H14BrN3O2/c1-8-5-10(7-17-13(8)15)18-14(19)9-3-4-12(20-2)11(16)6-9/h3-7H,16H2,1-2H3,(H,18,19). The molecule has 0 spiro atoms. The lowest BCUT2D eigenvalue weighted by Gasteiger charge is -2.09. The second-order valence-electron chi connectivity index (χ2n) is 4.24. The van der Waals surface area contributed by atoms with Gasteiger partial charge in [0.15, 0.2) is 0 Å². The molecule has 1 heterocycles. The average Bonchev–Trinajstić information content (AvgIpc) is 2.42. The molecule has 0 saturated carbocycles. The highest BCUT2D eigenvalue weighted by Gasteiger charge is 2.09. The van der Waals surface area contributed by atoms with Gasteiger partial charge in [-0.3, -0.25) is 4.79 Å². The molecular weight excluding hydrogens is 322 g/mol. The predicted octanol–water partition coefficient (Wildman–Crippen LogP) is 3.00. The monoisotopic (exact) mass is 335 g/mol. The summed E-state index contributed by atoms with van der Waals surface area (Å²) >= 11 is 3.31. The lowest BCUT2D eigenvalue weighted by molar-refractivity contribution is 0.102. The summed E-state index contributed by atoms with van der Waals surface area (Å²) in [4.78, 5) is 16.2. The number of rotatable bonds is 3. The summed E-state index contributed by atoms with van der Waals surface area (Å²) in [6, 6.07) is 6.73. The summed E-state index contributed by atoms with van der Waals surface area (Å²) < 4.78 is 5.81. The lowest BCUT2D eigenvalue weighted by atomic mass is 10.1. The fourth-order valence-electron chi connectivity index (χ4n) is 1.71. The maximum absolute atomic E-state index is 12.1. The zero-order valence-electron chi connectivity index (χ0n) is 11.1. The van der Waals surface area contributed by atoms with Crippen molar-refractivity contribution in [3.63, 3.8) is 0 Å². The molecule has 0 atom stereocenters. The molecule has 1 amide bonds. The molecule has 3 N–H and O–H groups in total.